The van der Waals surface area contributed by atoms with Gasteiger partial charge in [-0.05, 0) is 57.0 Å². The summed E-state index contributed by atoms with van der Waals surface area (Å²) in [6.45, 7) is 4.21. The average Bonchev–Trinajstić information content (AvgIpc) is 2.98. The Morgan fingerprint density at radius 2 is 1.64 bits per heavy atom. The summed E-state index contributed by atoms with van der Waals surface area (Å²) in [6, 6.07) is 8.02. The number of rotatable bonds is 5. The number of benzene rings is 1. The van der Waals surface area contributed by atoms with Gasteiger partial charge in [0.05, 0.1) is 0 Å². The summed E-state index contributed by atoms with van der Waals surface area (Å²) in [4.78, 5) is 24.2. The number of carbonyl (C=O) groups is 2. The minimum absolute atomic E-state index is 0.0523. The number of hydrogen-bond donors (Lipinski definition) is 1. The number of hydrogen-bond acceptors (Lipinski definition) is 4. The standard InChI is InChI=1S/C20H25N3O4S/c1-14-19(28(26,27)23-11-5-4-6-12-23)13-18(22(14)3)20(25)21-17-9-7-16(8-10-17)15(2)24/h7-10,13H,4-6,11-12H2,1-3H3,(H,21,25). The van der Waals surface area contributed by atoms with Crippen LogP contribution in [0.15, 0.2) is 35.2 Å². The van der Waals surface area contributed by atoms with Gasteiger partial charge in [0.2, 0.25) is 10.0 Å². The molecule has 1 saturated heterocycles. The number of aromatic nitrogens is 1. The topological polar surface area (TPSA) is 88.5 Å². The van der Waals surface area contributed by atoms with Gasteiger partial charge in [-0.3, -0.25) is 9.59 Å². The van der Waals surface area contributed by atoms with Crippen molar-refractivity contribution in [1.82, 2.24) is 8.87 Å². The van der Waals surface area contributed by atoms with Crippen LogP contribution in [0.1, 0.15) is 52.7 Å². The lowest BCUT2D eigenvalue weighted by molar-refractivity contribution is 0.101. The zero-order valence-electron chi connectivity index (χ0n) is 16.4. The Balaban J connectivity index is 1.85. The second kappa shape index (κ2) is 7.89. The summed E-state index contributed by atoms with van der Waals surface area (Å²) in [5.41, 5.74) is 1.89. The fourth-order valence-electron chi connectivity index (χ4n) is 3.38. The highest BCUT2D eigenvalue weighted by Crippen LogP contribution is 2.26. The van der Waals surface area contributed by atoms with Crippen LogP contribution in [0.2, 0.25) is 0 Å². The predicted molar refractivity (Wildman–Crippen MR) is 107 cm³/mol. The Bertz CT molecular complexity index is 1000. The van der Waals surface area contributed by atoms with Crippen LogP contribution in [0.3, 0.4) is 0 Å². The van der Waals surface area contributed by atoms with E-state index in [4.69, 9.17) is 0 Å². The van der Waals surface area contributed by atoms with E-state index in [9.17, 15) is 18.0 Å². The SMILES string of the molecule is CC(=O)c1ccc(NC(=O)c2cc(S(=O)(=O)N3CCCCC3)c(C)n2C)cc1. The number of nitrogens with zero attached hydrogens (tertiary/aromatic N) is 2. The Morgan fingerprint density at radius 3 is 2.21 bits per heavy atom. The lowest BCUT2D eigenvalue weighted by atomic mass is 10.1. The third-order valence-electron chi connectivity index (χ3n) is 5.20. The lowest BCUT2D eigenvalue weighted by Gasteiger charge is -2.25. The molecular weight excluding hydrogens is 378 g/mol. The zero-order valence-corrected chi connectivity index (χ0v) is 17.2. The largest absolute Gasteiger partial charge is 0.343 e. The molecule has 2 heterocycles. The second-order valence-corrected chi connectivity index (χ2v) is 9.00. The van der Waals surface area contributed by atoms with Crippen LogP contribution >= 0.6 is 0 Å². The maximum absolute atomic E-state index is 13.0. The molecule has 0 atom stereocenters. The monoisotopic (exact) mass is 403 g/mol. The smallest absolute Gasteiger partial charge is 0.272 e. The van der Waals surface area contributed by atoms with Gasteiger partial charge >= 0.3 is 0 Å². The number of anilines is 1. The van der Waals surface area contributed by atoms with Gasteiger partial charge in [0.25, 0.3) is 5.91 Å². The Morgan fingerprint density at radius 1 is 1.04 bits per heavy atom. The highest BCUT2D eigenvalue weighted by molar-refractivity contribution is 7.89. The molecule has 150 valence electrons. The van der Waals surface area contributed by atoms with Crippen LogP contribution in [0.4, 0.5) is 5.69 Å². The average molecular weight is 404 g/mol. The van der Waals surface area contributed by atoms with Gasteiger partial charge in [-0.1, -0.05) is 6.42 Å². The van der Waals surface area contributed by atoms with E-state index in [1.165, 1.54) is 17.3 Å². The molecule has 7 nitrogen and oxygen atoms in total. The lowest BCUT2D eigenvalue weighted by Crippen LogP contribution is -2.35. The number of carbonyl (C=O) groups excluding carboxylic acids is 2. The van der Waals surface area contributed by atoms with Crippen LogP contribution in [0, 0.1) is 6.92 Å². The number of Topliss-reactive ketones (excluding diaryl/α,β-unsaturated/α-hetero) is 1. The zero-order chi connectivity index (χ0) is 20.5. The quantitative estimate of drug-likeness (QED) is 0.778. The van der Waals surface area contributed by atoms with Crippen LogP contribution in [-0.2, 0) is 17.1 Å². The molecule has 1 aliphatic heterocycles. The molecule has 0 unspecified atom stereocenters. The fraction of sp³-hybridized carbons (Fsp3) is 0.400. The van der Waals surface area contributed by atoms with Crippen LogP contribution in [-0.4, -0.2) is 42.1 Å². The normalized spacial score (nSPS) is 15.4. The first-order valence-electron chi connectivity index (χ1n) is 9.30. The minimum atomic E-state index is -3.62. The van der Waals surface area contributed by atoms with Crippen molar-refractivity contribution in [2.75, 3.05) is 18.4 Å². The Hall–Kier alpha value is -2.45. The van der Waals surface area contributed by atoms with Gasteiger partial charge in [-0.25, -0.2) is 8.42 Å². The molecule has 2 aromatic rings. The van der Waals surface area contributed by atoms with Crippen molar-refractivity contribution in [3.05, 3.63) is 47.3 Å². The van der Waals surface area contributed by atoms with Crippen molar-refractivity contribution in [1.29, 1.82) is 0 Å². The fourth-order valence-corrected chi connectivity index (χ4v) is 5.17. The van der Waals surface area contributed by atoms with Crippen molar-refractivity contribution < 1.29 is 18.0 Å². The van der Waals surface area contributed by atoms with E-state index < -0.39 is 15.9 Å². The van der Waals surface area contributed by atoms with Crippen LogP contribution in [0.5, 0.6) is 0 Å². The molecule has 1 aromatic heterocycles. The maximum Gasteiger partial charge on any atom is 0.272 e. The van der Waals surface area contributed by atoms with Gasteiger partial charge in [-0.15, -0.1) is 0 Å². The number of sulfonamides is 1. The summed E-state index contributed by atoms with van der Waals surface area (Å²) < 4.78 is 29.1. The number of nitrogens with one attached hydrogen (secondary N) is 1. The summed E-state index contributed by atoms with van der Waals surface area (Å²) in [6.07, 6.45) is 2.75. The summed E-state index contributed by atoms with van der Waals surface area (Å²) in [5, 5.41) is 2.76. The van der Waals surface area contributed by atoms with Crippen molar-refractivity contribution in [3.8, 4) is 0 Å². The van der Waals surface area contributed by atoms with Crippen molar-refractivity contribution >= 4 is 27.4 Å². The molecule has 1 aromatic carbocycles. The molecule has 0 aliphatic carbocycles. The van der Waals surface area contributed by atoms with E-state index in [-0.39, 0.29) is 16.4 Å². The second-order valence-electron chi connectivity index (χ2n) is 7.09. The Labute approximate surface area is 165 Å². The van der Waals surface area contributed by atoms with E-state index in [0.29, 0.717) is 30.0 Å². The van der Waals surface area contributed by atoms with Crippen LogP contribution < -0.4 is 5.32 Å². The molecule has 0 saturated carbocycles. The number of ketones is 1. The number of piperidine rings is 1. The highest BCUT2D eigenvalue weighted by Gasteiger charge is 2.30. The van der Waals surface area contributed by atoms with Crippen LogP contribution in [0.25, 0.3) is 0 Å². The van der Waals surface area contributed by atoms with Crippen molar-refractivity contribution in [2.24, 2.45) is 7.05 Å². The highest BCUT2D eigenvalue weighted by atomic mass is 32.2. The van der Waals surface area contributed by atoms with Gasteiger partial charge in [0.15, 0.2) is 5.78 Å². The molecule has 0 spiro atoms. The van der Waals surface area contributed by atoms with E-state index in [1.54, 1.807) is 42.8 Å². The third kappa shape index (κ3) is 3.88. The number of amides is 1. The summed E-state index contributed by atoms with van der Waals surface area (Å²) in [5.74, 6) is -0.454. The summed E-state index contributed by atoms with van der Waals surface area (Å²) in [7, 11) is -1.94. The van der Waals surface area contributed by atoms with E-state index in [1.807, 2.05) is 0 Å². The van der Waals surface area contributed by atoms with Gasteiger partial charge in [0.1, 0.15) is 10.6 Å². The molecule has 0 radical (unpaired) electrons. The molecule has 0 bridgehead atoms. The molecule has 3 rings (SSSR count). The summed E-state index contributed by atoms with van der Waals surface area (Å²) >= 11 is 0. The molecule has 28 heavy (non-hydrogen) atoms. The van der Waals surface area contributed by atoms with E-state index in [2.05, 4.69) is 5.32 Å². The first kappa shape index (κ1) is 20.3. The molecule has 1 amide bonds. The molecule has 1 aliphatic rings. The van der Waals surface area contributed by atoms with Crippen molar-refractivity contribution in [2.45, 2.75) is 38.0 Å². The van der Waals surface area contributed by atoms with Gasteiger partial charge in [0, 0.05) is 37.1 Å². The van der Waals surface area contributed by atoms with Gasteiger partial charge in [-0.2, -0.15) is 4.31 Å². The molecule has 1 fully saturated rings. The van der Waals surface area contributed by atoms with Crippen molar-refractivity contribution in [3.63, 3.8) is 0 Å². The van der Waals surface area contributed by atoms with E-state index in [0.717, 1.165) is 19.3 Å². The molecular formula is C20H25N3O4S. The maximum atomic E-state index is 13.0. The Kier molecular flexibility index (Phi) is 5.71. The van der Waals surface area contributed by atoms with E-state index >= 15 is 0 Å². The molecule has 1 N–H and O–H groups in total. The molecule has 8 heteroatoms. The van der Waals surface area contributed by atoms with Gasteiger partial charge < -0.3 is 9.88 Å². The first-order chi connectivity index (χ1) is 13.2. The predicted octanol–water partition coefficient (Wildman–Crippen LogP) is 2.96. The first-order valence-corrected chi connectivity index (χ1v) is 10.7. The third-order valence-corrected chi connectivity index (χ3v) is 7.22. The minimum Gasteiger partial charge on any atom is -0.343 e.